The molecule has 30 heavy (non-hydrogen) atoms. The molecular weight excluding hydrogens is 390 g/mol. The Morgan fingerprint density at radius 1 is 1.07 bits per heavy atom. The molecule has 6 heteroatoms. The van der Waals surface area contributed by atoms with E-state index >= 15 is 0 Å². The summed E-state index contributed by atoms with van der Waals surface area (Å²) in [6.07, 6.45) is 3.85. The third kappa shape index (κ3) is 4.94. The van der Waals surface area contributed by atoms with Crippen LogP contribution in [-0.2, 0) is 10.0 Å². The molecule has 3 rings (SSSR count). The third-order valence-corrected chi connectivity index (χ3v) is 10.6. The summed E-state index contributed by atoms with van der Waals surface area (Å²) in [6, 6.07) is 12.4. The van der Waals surface area contributed by atoms with E-state index in [2.05, 4.69) is 79.2 Å². The number of aromatic nitrogens is 2. The summed E-state index contributed by atoms with van der Waals surface area (Å²) >= 11 is 0. The highest BCUT2D eigenvalue weighted by Crippen LogP contribution is 2.36. The number of pyridine rings is 1. The van der Waals surface area contributed by atoms with Crippen molar-refractivity contribution in [3.63, 3.8) is 0 Å². The minimum Gasteiger partial charge on any atom is -0.415 e. The zero-order valence-electron chi connectivity index (χ0n) is 19.3. The SMILES string of the molecule is CC(C)(O)c1ccc(-n2ccc3cc(NCCO[Si](C)(C)C(C)(C)C)ccc32)cn1. The summed E-state index contributed by atoms with van der Waals surface area (Å²) in [4.78, 5) is 4.42. The molecule has 0 radical (unpaired) electrons. The second-order valence-corrected chi connectivity index (χ2v) is 14.8. The lowest BCUT2D eigenvalue weighted by Crippen LogP contribution is -2.41. The van der Waals surface area contributed by atoms with E-state index in [-0.39, 0.29) is 5.04 Å². The predicted octanol–water partition coefficient (Wildman–Crippen LogP) is 5.69. The molecular formula is C24H35N3O2Si. The second-order valence-electron chi connectivity index (χ2n) is 9.96. The Bertz CT molecular complexity index is 996. The zero-order valence-corrected chi connectivity index (χ0v) is 20.3. The van der Waals surface area contributed by atoms with Gasteiger partial charge in [0.25, 0.3) is 0 Å². The molecule has 3 aromatic rings. The Labute approximate surface area is 181 Å². The number of nitrogens with one attached hydrogen (secondary N) is 1. The molecule has 0 saturated carbocycles. The van der Waals surface area contributed by atoms with Crippen molar-refractivity contribution in [2.75, 3.05) is 18.5 Å². The number of benzene rings is 1. The van der Waals surface area contributed by atoms with Gasteiger partial charge in [0, 0.05) is 23.8 Å². The standard InChI is InChI=1S/C24H35N3O2Si/c1-23(2,3)30(6,7)29-15-13-25-19-8-10-21-18(16-19)12-14-27(21)20-9-11-22(26-17-20)24(4,5)28/h8-12,14,16-17,25,28H,13,15H2,1-7H3. The van der Waals surface area contributed by atoms with Gasteiger partial charge in [-0.2, -0.15) is 0 Å². The van der Waals surface area contributed by atoms with Crippen molar-refractivity contribution in [2.24, 2.45) is 0 Å². The van der Waals surface area contributed by atoms with Gasteiger partial charge < -0.3 is 19.4 Å². The second kappa shape index (κ2) is 8.17. The van der Waals surface area contributed by atoms with Crippen LogP contribution < -0.4 is 5.32 Å². The summed E-state index contributed by atoms with van der Waals surface area (Å²) in [5.74, 6) is 0. The highest BCUT2D eigenvalue weighted by molar-refractivity contribution is 6.74. The minimum absolute atomic E-state index is 0.231. The van der Waals surface area contributed by atoms with Crippen molar-refractivity contribution in [1.29, 1.82) is 0 Å². The molecule has 0 bridgehead atoms. The molecule has 2 N–H and O–H groups in total. The van der Waals surface area contributed by atoms with Gasteiger partial charge in [0.2, 0.25) is 0 Å². The number of fused-ring (bicyclic) bond motifs is 1. The summed E-state index contributed by atoms with van der Waals surface area (Å²) < 4.78 is 8.36. The molecule has 2 heterocycles. The molecule has 0 saturated heterocycles. The van der Waals surface area contributed by atoms with Crippen LogP contribution in [0.2, 0.25) is 18.1 Å². The zero-order chi connectivity index (χ0) is 22.2. The highest BCUT2D eigenvalue weighted by Gasteiger charge is 2.36. The molecule has 162 valence electrons. The number of nitrogens with zero attached hydrogens (tertiary/aromatic N) is 2. The number of hydrogen-bond acceptors (Lipinski definition) is 4. The normalized spacial score (nSPS) is 13.1. The maximum absolute atomic E-state index is 10.1. The van der Waals surface area contributed by atoms with E-state index in [9.17, 15) is 5.11 Å². The van der Waals surface area contributed by atoms with Gasteiger partial charge in [-0.1, -0.05) is 20.8 Å². The smallest absolute Gasteiger partial charge is 0.192 e. The van der Waals surface area contributed by atoms with Gasteiger partial charge in [-0.15, -0.1) is 0 Å². The van der Waals surface area contributed by atoms with Crippen molar-refractivity contribution < 1.29 is 9.53 Å². The lowest BCUT2D eigenvalue weighted by Gasteiger charge is -2.36. The Balaban J connectivity index is 1.67. The van der Waals surface area contributed by atoms with E-state index < -0.39 is 13.9 Å². The molecule has 0 atom stereocenters. The minimum atomic E-state index is -1.70. The average molecular weight is 426 g/mol. The van der Waals surface area contributed by atoms with Crippen LogP contribution in [0.4, 0.5) is 5.69 Å². The van der Waals surface area contributed by atoms with Crippen molar-refractivity contribution in [2.45, 2.75) is 58.4 Å². The lowest BCUT2D eigenvalue weighted by molar-refractivity contribution is 0.0738. The van der Waals surface area contributed by atoms with Gasteiger partial charge >= 0.3 is 0 Å². The molecule has 0 unspecified atom stereocenters. The van der Waals surface area contributed by atoms with E-state index in [1.165, 1.54) is 0 Å². The van der Waals surface area contributed by atoms with Crippen molar-refractivity contribution >= 4 is 24.9 Å². The van der Waals surface area contributed by atoms with Crippen LogP contribution in [0, 0.1) is 0 Å². The molecule has 0 aliphatic carbocycles. The topological polar surface area (TPSA) is 59.3 Å². The molecule has 0 aliphatic heterocycles. The Kier molecular flexibility index (Phi) is 6.14. The molecule has 0 aliphatic rings. The fraction of sp³-hybridized carbons (Fsp3) is 0.458. The maximum Gasteiger partial charge on any atom is 0.192 e. The van der Waals surface area contributed by atoms with Crippen LogP contribution in [-0.4, -0.2) is 36.1 Å². The maximum atomic E-state index is 10.1. The highest BCUT2D eigenvalue weighted by atomic mass is 28.4. The van der Waals surface area contributed by atoms with Gasteiger partial charge in [0.15, 0.2) is 8.32 Å². The molecule has 5 nitrogen and oxygen atoms in total. The van der Waals surface area contributed by atoms with Crippen molar-refractivity contribution in [1.82, 2.24) is 9.55 Å². The van der Waals surface area contributed by atoms with Crippen LogP contribution in [0.25, 0.3) is 16.6 Å². The van der Waals surface area contributed by atoms with Gasteiger partial charge in [0.05, 0.1) is 29.7 Å². The Hall–Kier alpha value is -2.15. The first kappa shape index (κ1) is 22.5. The average Bonchev–Trinajstić information content (AvgIpc) is 3.07. The van der Waals surface area contributed by atoms with Gasteiger partial charge in [-0.05, 0) is 68.4 Å². The van der Waals surface area contributed by atoms with Gasteiger partial charge in [-0.3, -0.25) is 4.98 Å². The molecule has 0 amide bonds. The number of rotatable bonds is 7. The third-order valence-electron chi connectivity index (χ3n) is 6.04. The number of aliphatic hydroxyl groups is 1. The number of anilines is 1. The fourth-order valence-corrected chi connectivity index (χ4v) is 4.13. The van der Waals surface area contributed by atoms with Crippen LogP contribution >= 0.6 is 0 Å². The summed E-state index contributed by atoms with van der Waals surface area (Å²) in [5.41, 5.74) is 2.91. The lowest BCUT2D eigenvalue weighted by atomic mass is 10.1. The van der Waals surface area contributed by atoms with Crippen LogP contribution in [0.1, 0.15) is 40.3 Å². The largest absolute Gasteiger partial charge is 0.415 e. The predicted molar refractivity (Wildman–Crippen MR) is 128 cm³/mol. The monoisotopic (exact) mass is 425 g/mol. The van der Waals surface area contributed by atoms with E-state index in [1.807, 2.05) is 12.1 Å². The fourth-order valence-electron chi connectivity index (χ4n) is 3.09. The van der Waals surface area contributed by atoms with Crippen LogP contribution in [0.3, 0.4) is 0 Å². The van der Waals surface area contributed by atoms with Gasteiger partial charge in [0.1, 0.15) is 5.60 Å². The molecule has 1 aromatic carbocycles. The van der Waals surface area contributed by atoms with Crippen molar-refractivity contribution in [3.8, 4) is 5.69 Å². The molecule has 0 fully saturated rings. The Morgan fingerprint density at radius 3 is 2.40 bits per heavy atom. The van der Waals surface area contributed by atoms with E-state index in [1.54, 1.807) is 20.0 Å². The molecule has 2 aromatic heterocycles. The molecule has 0 spiro atoms. The summed E-state index contributed by atoms with van der Waals surface area (Å²) in [5, 5.41) is 15.0. The van der Waals surface area contributed by atoms with Crippen LogP contribution in [0.5, 0.6) is 0 Å². The first-order valence-corrected chi connectivity index (χ1v) is 13.5. The van der Waals surface area contributed by atoms with E-state index in [0.717, 1.165) is 35.4 Å². The Morgan fingerprint density at radius 2 is 1.80 bits per heavy atom. The van der Waals surface area contributed by atoms with Crippen molar-refractivity contribution in [3.05, 3.63) is 54.5 Å². The quantitative estimate of drug-likeness (QED) is 0.377. The summed E-state index contributed by atoms with van der Waals surface area (Å²) in [6.45, 7) is 16.3. The van der Waals surface area contributed by atoms with Crippen LogP contribution in [0.15, 0.2) is 48.8 Å². The van der Waals surface area contributed by atoms with E-state index in [0.29, 0.717) is 5.69 Å². The number of hydrogen-bond donors (Lipinski definition) is 2. The van der Waals surface area contributed by atoms with Gasteiger partial charge in [-0.25, -0.2) is 0 Å². The first-order valence-electron chi connectivity index (χ1n) is 10.6. The van der Waals surface area contributed by atoms with E-state index in [4.69, 9.17) is 4.43 Å². The summed E-state index contributed by atoms with van der Waals surface area (Å²) in [7, 11) is -1.70. The first-order chi connectivity index (χ1) is 13.9.